The van der Waals surface area contributed by atoms with Crippen molar-refractivity contribution in [1.82, 2.24) is 9.66 Å². The van der Waals surface area contributed by atoms with Gasteiger partial charge in [-0.2, -0.15) is 0 Å². The van der Waals surface area contributed by atoms with E-state index >= 15 is 0 Å². The Morgan fingerprint density at radius 2 is 2.43 bits per heavy atom. The van der Waals surface area contributed by atoms with E-state index in [1.807, 2.05) is 22.9 Å². The summed E-state index contributed by atoms with van der Waals surface area (Å²) in [5.74, 6) is 0.866. The Labute approximate surface area is 98.1 Å². The lowest BCUT2D eigenvalue weighted by Crippen LogP contribution is -2.00. The van der Waals surface area contributed by atoms with Gasteiger partial charge in [0.1, 0.15) is 0 Å². The van der Waals surface area contributed by atoms with Gasteiger partial charge in [-0.1, -0.05) is 15.9 Å². The average Bonchev–Trinajstić information content (AvgIpc) is 2.66. The molecule has 0 amide bonds. The van der Waals surface area contributed by atoms with E-state index in [-0.39, 0.29) is 4.71 Å². The van der Waals surface area contributed by atoms with Crippen molar-refractivity contribution in [2.24, 2.45) is 0 Å². The molecule has 0 aliphatic carbocycles. The Morgan fingerprint density at radius 3 is 3.29 bits per heavy atom. The maximum atomic E-state index is 6.06. The average molecular weight is 291 g/mol. The molecule has 2 aromatic rings. The molecule has 2 heterocycles. The van der Waals surface area contributed by atoms with Crippen molar-refractivity contribution in [2.75, 3.05) is 4.83 Å². The fourth-order valence-electron chi connectivity index (χ4n) is 1.47. The molecule has 1 aromatic heterocycles. The predicted molar refractivity (Wildman–Crippen MR) is 63.0 cm³/mol. The normalized spacial score (nSPS) is 19.7. The first kappa shape index (κ1) is 8.88. The Kier molecular flexibility index (Phi) is 1.93. The molecule has 1 unspecified atom stereocenters. The zero-order valence-corrected chi connectivity index (χ0v) is 10.0. The van der Waals surface area contributed by atoms with Gasteiger partial charge in [-0.3, -0.25) is 4.83 Å². The van der Waals surface area contributed by atoms with Gasteiger partial charge < -0.3 is 0 Å². The molecule has 72 valence electrons. The highest BCUT2D eigenvalue weighted by molar-refractivity contribution is 9.10. The highest BCUT2D eigenvalue weighted by Gasteiger charge is 2.25. The number of hydrogen-bond acceptors (Lipinski definition) is 3. The first-order valence-corrected chi connectivity index (χ1v) is 6.10. The molecule has 14 heavy (non-hydrogen) atoms. The van der Waals surface area contributed by atoms with Crippen LogP contribution in [0, 0.1) is 0 Å². The summed E-state index contributed by atoms with van der Waals surface area (Å²) in [4.78, 5) is 7.57. The van der Waals surface area contributed by atoms with E-state index in [1.54, 1.807) is 0 Å². The molecule has 0 spiro atoms. The second kappa shape index (κ2) is 3.05. The molecule has 0 radical (unpaired) electrons. The van der Waals surface area contributed by atoms with Gasteiger partial charge in [-0.05, 0) is 30.1 Å². The van der Waals surface area contributed by atoms with Gasteiger partial charge in [-0.25, -0.2) is 9.66 Å². The van der Waals surface area contributed by atoms with Gasteiger partial charge in [0.25, 0.3) is 0 Å². The van der Waals surface area contributed by atoms with E-state index in [1.165, 1.54) is 11.9 Å². The monoisotopic (exact) mass is 289 g/mol. The summed E-state index contributed by atoms with van der Waals surface area (Å²) in [5, 5.41) is 0. The molecule has 1 aliphatic heterocycles. The van der Waals surface area contributed by atoms with Crippen molar-refractivity contribution in [1.29, 1.82) is 0 Å². The molecule has 1 N–H and O–H groups in total. The summed E-state index contributed by atoms with van der Waals surface area (Å²) in [6.07, 6.45) is 0. The minimum Gasteiger partial charge on any atom is -0.264 e. The van der Waals surface area contributed by atoms with Gasteiger partial charge in [0, 0.05) is 4.47 Å². The minimum atomic E-state index is -0.110. The van der Waals surface area contributed by atoms with Crippen LogP contribution >= 0.6 is 39.5 Å². The standard InChI is InChI=1S/C8H5BrClN3S/c9-4-1-2-6-5(3-4)11-8-7(10)14-12-13(6)8/h1-3,7,12H. The summed E-state index contributed by atoms with van der Waals surface area (Å²) in [6.45, 7) is 0. The fraction of sp³-hybridized carbons (Fsp3) is 0.125. The van der Waals surface area contributed by atoms with Crippen LogP contribution in [0.1, 0.15) is 10.5 Å². The Morgan fingerprint density at radius 1 is 1.57 bits per heavy atom. The summed E-state index contributed by atoms with van der Waals surface area (Å²) in [7, 11) is 0. The van der Waals surface area contributed by atoms with Crippen LogP contribution in [0.2, 0.25) is 0 Å². The molecule has 6 heteroatoms. The fourth-order valence-corrected chi connectivity index (χ4v) is 2.74. The number of benzene rings is 1. The second-order valence-corrected chi connectivity index (χ2v) is 5.46. The molecule has 0 fully saturated rings. The number of halogens is 2. The first-order valence-electron chi connectivity index (χ1n) is 3.99. The number of imidazole rings is 1. The van der Waals surface area contributed by atoms with Gasteiger partial charge in [-0.15, -0.1) is 11.6 Å². The van der Waals surface area contributed by atoms with Crippen molar-refractivity contribution < 1.29 is 0 Å². The van der Waals surface area contributed by atoms with E-state index < -0.39 is 0 Å². The van der Waals surface area contributed by atoms with Crippen LogP contribution in [0.4, 0.5) is 0 Å². The third-order valence-electron chi connectivity index (χ3n) is 2.09. The number of rotatable bonds is 0. The molecule has 1 aliphatic rings. The topological polar surface area (TPSA) is 29.9 Å². The van der Waals surface area contributed by atoms with Crippen LogP contribution in [-0.2, 0) is 0 Å². The van der Waals surface area contributed by atoms with Crippen LogP contribution in [0.25, 0.3) is 11.0 Å². The smallest absolute Gasteiger partial charge is 0.159 e. The minimum absolute atomic E-state index is 0.110. The summed E-state index contributed by atoms with van der Waals surface area (Å²) in [5.41, 5.74) is 2.01. The lowest BCUT2D eigenvalue weighted by atomic mass is 10.3. The van der Waals surface area contributed by atoms with E-state index in [9.17, 15) is 0 Å². The van der Waals surface area contributed by atoms with Crippen molar-refractivity contribution in [3.8, 4) is 0 Å². The summed E-state index contributed by atoms with van der Waals surface area (Å²) in [6, 6.07) is 5.99. The van der Waals surface area contributed by atoms with Gasteiger partial charge in [0.15, 0.2) is 10.5 Å². The van der Waals surface area contributed by atoms with Crippen LogP contribution in [0.15, 0.2) is 22.7 Å². The predicted octanol–water partition coefficient (Wildman–Crippen LogP) is 3.24. The Bertz CT molecular complexity index is 513. The SMILES string of the molecule is ClC1SNn2c1nc1cc(Br)ccc12. The maximum absolute atomic E-state index is 6.06. The molecular formula is C8H5BrClN3S. The van der Waals surface area contributed by atoms with Crippen LogP contribution < -0.4 is 4.83 Å². The van der Waals surface area contributed by atoms with Crippen molar-refractivity contribution in [3.63, 3.8) is 0 Å². The molecule has 3 rings (SSSR count). The molecule has 3 nitrogen and oxygen atoms in total. The number of aromatic nitrogens is 2. The third-order valence-corrected chi connectivity index (χ3v) is 3.75. The quantitative estimate of drug-likeness (QED) is 0.597. The van der Waals surface area contributed by atoms with Gasteiger partial charge >= 0.3 is 0 Å². The lowest BCUT2D eigenvalue weighted by molar-refractivity contribution is 0.969. The number of hydrogen-bond donors (Lipinski definition) is 1. The highest BCUT2D eigenvalue weighted by atomic mass is 79.9. The summed E-state index contributed by atoms with van der Waals surface area (Å²) < 4.78 is 2.84. The largest absolute Gasteiger partial charge is 0.264 e. The van der Waals surface area contributed by atoms with Crippen LogP contribution in [-0.4, -0.2) is 9.66 Å². The number of nitrogens with one attached hydrogen (secondary N) is 1. The molecule has 1 aromatic carbocycles. The molecular weight excluding hydrogens is 286 g/mol. The second-order valence-electron chi connectivity index (χ2n) is 2.96. The molecule has 0 bridgehead atoms. The van der Waals surface area contributed by atoms with Crippen LogP contribution in [0.5, 0.6) is 0 Å². The van der Waals surface area contributed by atoms with Crippen molar-refractivity contribution in [3.05, 3.63) is 28.5 Å². The van der Waals surface area contributed by atoms with Crippen LogP contribution in [0.3, 0.4) is 0 Å². The van der Waals surface area contributed by atoms with E-state index in [2.05, 4.69) is 25.7 Å². The number of fused-ring (bicyclic) bond motifs is 3. The zero-order chi connectivity index (χ0) is 9.71. The Balaban J connectivity index is 2.34. The highest BCUT2D eigenvalue weighted by Crippen LogP contribution is 2.38. The molecule has 1 atom stereocenters. The first-order chi connectivity index (χ1) is 6.75. The van der Waals surface area contributed by atoms with E-state index in [0.29, 0.717) is 0 Å². The summed E-state index contributed by atoms with van der Waals surface area (Å²) >= 11 is 10.9. The third kappa shape index (κ3) is 1.16. The van der Waals surface area contributed by atoms with Crippen molar-refractivity contribution in [2.45, 2.75) is 4.71 Å². The van der Waals surface area contributed by atoms with Gasteiger partial charge in [0.05, 0.1) is 11.0 Å². The number of alkyl halides is 1. The number of nitrogens with zero attached hydrogens (tertiary/aromatic N) is 2. The zero-order valence-electron chi connectivity index (χ0n) is 6.87. The van der Waals surface area contributed by atoms with Gasteiger partial charge in [0.2, 0.25) is 0 Å². The molecule has 0 saturated heterocycles. The van der Waals surface area contributed by atoms with E-state index in [4.69, 9.17) is 11.6 Å². The molecule has 0 saturated carbocycles. The maximum Gasteiger partial charge on any atom is 0.159 e. The van der Waals surface area contributed by atoms with Crippen molar-refractivity contribution >= 4 is 50.5 Å². The Hall–Kier alpha value is -0.390. The lowest BCUT2D eigenvalue weighted by Gasteiger charge is -1.98. The van der Waals surface area contributed by atoms with E-state index in [0.717, 1.165) is 21.3 Å².